The minimum atomic E-state index is -0.943. The molecule has 2 heterocycles. The van der Waals surface area contributed by atoms with Crippen LogP contribution < -0.4 is 10.6 Å². The summed E-state index contributed by atoms with van der Waals surface area (Å²) < 4.78 is 1.69. The van der Waals surface area contributed by atoms with Gasteiger partial charge in [-0.1, -0.05) is 0 Å². The number of hydrogen-bond donors (Lipinski definition) is 3. The van der Waals surface area contributed by atoms with E-state index < -0.39 is 5.60 Å². The first-order chi connectivity index (χ1) is 10.5. The lowest BCUT2D eigenvalue weighted by molar-refractivity contribution is 0.0621. The van der Waals surface area contributed by atoms with Gasteiger partial charge in [-0.3, -0.25) is 4.68 Å². The highest BCUT2D eigenvalue weighted by Crippen LogP contribution is 2.21. The van der Waals surface area contributed by atoms with Crippen molar-refractivity contribution in [2.75, 3.05) is 13.1 Å². The molecular weight excluding hydrogens is 427 g/mol. The Hall–Kier alpha value is -1.20. The van der Waals surface area contributed by atoms with Gasteiger partial charge in [0.25, 0.3) is 0 Å². The van der Waals surface area contributed by atoms with Crippen molar-refractivity contribution in [3.8, 4) is 0 Å². The van der Waals surface area contributed by atoms with Crippen LogP contribution in [0.3, 0.4) is 0 Å². The number of halogens is 1. The minimum Gasteiger partial charge on any atom is -0.384 e. The number of hydrogen-bond acceptors (Lipinski definition) is 5. The SMILES string of the molecule is CCNC(=NCc1ncnn1C)NCC(C)(O)c1ccsc1.I. The number of aliphatic hydroxyl groups is 1. The van der Waals surface area contributed by atoms with Gasteiger partial charge in [-0.15, -0.1) is 24.0 Å². The lowest BCUT2D eigenvalue weighted by atomic mass is 9.99. The molecule has 0 aliphatic heterocycles. The molecule has 2 rings (SSSR count). The zero-order valence-corrected chi connectivity index (χ0v) is 16.6. The molecule has 0 spiro atoms. The van der Waals surface area contributed by atoms with E-state index in [1.807, 2.05) is 30.8 Å². The monoisotopic (exact) mass is 450 g/mol. The lowest BCUT2D eigenvalue weighted by Crippen LogP contribution is -2.44. The van der Waals surface area contributed by atoms with Crippen molar-refractivity contribution in [1.29, 1.82) is 0 Å². The third-order valence-corrected chi connectivity index (χ3v) is 3.95. The van der Waals surface area contributed by atoms with Crippen LogP contribution in [0.15, 0.2) is 28.1 Å². The van der Waals surface area contributed by atoms with Crippen LogP contribution >= 0.6 is 35.3 Å². The number of nitrogens with zero attached hydrogens (tertiary/aromatic N) is 4. The fourth-order valence-electron chi connectivity index (χ4n) is 1.88. The van der Waals surface area contributed by atoms with Gasteiger partial charge < -0.3 is 15.7 Å². The standard InChI is InChI=1S/C14H22N6OS.HI/c1-4-15-13(16-7-12-18-10-19-20(12)3)17-9-14(2,21)11-5-6-22-8-11;/h5-6,8,10,21H,4,7,9H2,1-3H3,(H2,15,16,17);1H. The molecule has 7 nitrogen and oxygen atoms in total. The zero-order chi connectivity index (χ0) is 16.0. The van der Waals surface area contributed by atoms with Crippen LogP contribution in [-0.4, -0.2) is 38.9 Å². The maximum Gasteiger partial charge on any atom is 0.191 e. The van der Waals surface area contributed by atoms with Gasteiger partial charge in [0.15, 0.2) is 5.96 Å². The van der Waals surface area contributed by atoms with E-state index in [1.54, 1.807) is 22.9 Å². The summed E-state index contributed by atoms with van der Waals surface area (Å²) in [4.78, 5) is 8.60. The van der Waals surface area contributed by atoms with Crippen LogP contribution in [-0.2, 0) is 19.2 Å². The van der Waals surface area contributed by atoms with Crippen molar-refractivity contribution in [3.05, 3.63) is 34.5 Å². The highest BCUT2D eigenvalue weighted by atomic mass is 127. The molecule has 0 amide bonds. The molecule has 0 saturated heterocycles. The quantitative estimate of drug-likeness (QED) is 0.353. The third kappa shape index (κ3) is 5.74. The number of rotatable bonds is 6. The maximum absolute atomic E-state index is 10.5. The summed E-state index contributed by atoms with van der Waals surface area (Å²) in [5.41, 5.74) is -0.0461. The van der Waals surface area contributed by atoms with Crippen LogP contribution in [0.2, 0.25) is 0 Å². The second-order valence-electron chi connectivity index (χ2n) is 5.13. The Bertz CT molecular complexity index is 611. The van der Waals surface area contributed by atoms with E-state index in [2.05, 4.69) is 25.7 Å². The summed E-state index contributed by atoms with van der Waals surface area (Å²) in [6.07, 6.45) is 1.51. The van der Waals surface area contributed by atoms with Gasteiger partial charge >= 0.3 is 0 Å². The lowest BCUT2D eigenvalue weighted by Gasteiger charge is -2.24. The molecule has 0 bridgehead atoms. The van der Waals surface area contributed by atoms with Gasteiger partial charge in [0.1, 0.15) is 24.3 Å². The van der Waals surface area contributed by atoms with Gasteiger partial charge in [0, 0.05) is 13.6 Å². The van der Waals surface area contributed by atoms with E-state index in [1.165, 1.54) is 6.33 Å². The smallest absolute Gasteiger partial charge is 0.191 e. The third-order valence-electron chi connectivity index (χ3n) is 3.27. The van der Waals surface area contributed by atoms with E-state index >= 15 is 0 Å². The van der Waals surface area contributed by atoms with Crippen molar-refractivity contribution in [1.82, 2.24) is 25.4 Å². The molecule has 0 aromatic carbocycles. The molecule has 0 aliphatic rings. The number of nitrogens with one attached hydrogen (secondary N) is 2. The predicted octanol–water partition coefficient (Wildman–Crippen LogP) is 1.46. The van der Waals surface area contributed by atoms with Crippen molar-refractivity contribution >= 4 is 41.3 Å². The average Bonchev–Trinajstić information content (AvgIpc) is 3.14. The van der Waals surface area contributed by atoms with Crippen LogP contribution in [0, 0.1) is 0 Å². The molecular formula is C14H23IN6OS. The summed E-state index contributed by atoms with van der Waals surface area (Å²) in [5.74, 6) is 1.42. The molecule has 3 N–H and O–H groups in total. The molecule has 1 atom stereocenters. The van der Waals surface area contributed by atoms with Crippen LogP contribution in [0.1, 0.15) is 25.2 Å². The predicted molar refractivity (Wildman–Crippen MR) is 103 cm³/mol. The minimum absolute atomic E-state index is 0. The molecule has 23 heavy (non-hydrogen) atoms. The van der Waals surface area contributed by atoms with Crippen molar-refractivity contribution in [2.45, 2.75) is 26.0 Å². The van der Waals surface area contributed by atoms with Crippen molar-refractivity contribution in [2.24, 2.45) is 12.0 Å². The molecule has 0 saturated carbocycles. The summed E-state index contributed by atoms with van der Waals surface area (Å²) in [5, 5.41) is 24.8. The Balaban J connectivity index is 0.00000264. The highest BCUT2D eigenvalue weighted by Gasteiger charge is 2.23. The first-order valence-electron chi connectivity index (χ1n) is 7.13. The Morgan fingerprint density at radius 1 is 1.48 bits per heavy atom. The molecule has 2 aromatic rings. The molecule has 2 aromatic heterocycles. The van der Waals surface area contributed by atoms with Crippen molar-refractivity contribution < 1.29 is 5.11 Å². The van der Waals surface area contributed by atoms with E-state index in [0.717, 1.165) is 17.9 Å². The van der Waals surface area contributed by atoms with Gasteiger partial charge in [-0.2, -0.15) is 16.4 Å². The van der Waals surface area contributed by atoms with Crippen LogP contribution in [0.25, 0.3) is 0 Å². The number of guanidine groups is 1. The fraction of sp³-hybridized carbons (Fsp3) is 0.500. The number of aryl methyl sites for hydroxylation is 1. The summed E-state index contributed by atoms with van der Waals surface area (Å²) >= 11 is 1.57. The number of aliphatic imine (C=N–C) groups is 1. The first kappa shape index (κ1) is 19.8. The van der Waals surface area contributed by atoms with Gasteiger partial charge in [-0.25, -0.2) is 9.98 Å². The Morgan fingerprint density at radius 2 is 2.26 bits per heavy atom. The largest absolute Gasteiger partial charge is 0.384 e. The highest BCUT2D eigenvalue weighted by molar-refractivity contribution is 14.0. The Morgan fingerprint density at radius 3 is 2.83 bits per heavy atom. The fourth-order valence-corrected chi connectivity index (χ4v) is 2.67. The maximum atomic E-state index is 10.5. The molecule has 1 unspecified atom stereocenters. The molecule has 0 fully saturated rings. The van der Waals surface area contributed by atoms with E-state index in [0.29, 0.717) is 19.0 Å². The molecule has 0 aliphatic carbocycles. The molecule has 128 valence electrons. The van der Waals surface area contributed by atoms with E-state index in [4.69, 9.17) is 0 Å². The summed E-state index contributed by atoms with van der Waals surface area (Å²) in [6, 6.07) is 1.93. The number of aromatic nitrogens is 3. The zero-order valence-electron chi connectivity index (χ0n) is 13.5. The normalized spacial score (nSPS) is 14.0. The second kappa shape index (κ2) is 9.18. The number of thiophene rings is 1. The molecule has 9 heteroatoms. The Labute approximate surface area is 157 Å². The van der Waals surface area contributed by atoms with Crippen LogP contribution in [0.5, 0.6) is 0 Å². The van der Waals surface area contributed by atoms with E-state index in [9.17, 15) is 5.11 Å². The van der Waals surface area contributed by atoms with Gasteiger partial charge in [0.05, 0.1) is 6.54 Å². The van der Waals surface area contributed by atoms with Crippen LogP contribution in [0.4, 0.5) is 0 Å². The van der Waals surface area contributed by atoms with Gasteiger partial charge in [-0.05, 0) is 36.2 Å². The topological polar surface area (TPSA) is 87.4 Å². The van der Waals surface area contributed by atoms with Crippen molar-refractivity contribution in [3.63, 3.8) is 0 Å². The van der Waals surface area contributed by atoms with E-state index in [-0.39, 0.29) is 24.0 Å². The summed E-state index contributed by atoms with van der Waals surface area (Å²) in [7, 11) is 1.83. The second-order valence-corrected chi connectivity index (χ2v) is 5.91. The average molecular weight is 450 g/mol. The first-order valence-corrected chi connectivity index (χ1v) is 8.07. The molecule has 0 radical (unpaired) electrons. The Kier molecular flexibility index (Phi) is 7.92. The van der Waals surface area contributed by atoms with Gasteiger partial charge in [0.2, 0.25) is 0 Å². The summed E-state index contributed by atoms with van der Waals surface area (Å²) in [6.45, 7) is 5.32.